The Kier molecular flexibility index (Phi) is 5.25. The van der Waals surface area contributed by atoms with Crippen LogP contribution >= 0.6 is 11.3 Å². The third kappa shape index (κ3) is 4.52. The maximum absolute atomic E-state index is 12.3. The molecule has 0 saturated heterocycles. The van der Waals surface area contributed by atoms with Gasteiger partial charge < -0.3 is 10.4 Å². The first kappa shape index (κ1) is 17.3. The second kappa shape index (κ2) is 7.58. The molecule has 9 heteroatoms. The zero-order valence-corrected chi connectivity index (χ0v) is 14.8. The van der Waals surface area contributed by atoms with Crippen molar-refractivity contribution in [1.29, 1.82) is 0 Å². The third-order valence-electron chi connectivity index (χ3n) is 3.62. The van der Waals surface area contributed by atoms with Crippen molar-refractivity contribution < 1.29 is 9.90 Å². The van der Waals surface area contributed by atoms with Gasteiger partial charge in [0, 0.05) is 17.1 Å². The standard InChI is InChI=1S/C16H20N6O2S/c1-11-5-6-21(19-11)8-12(2)17-16(24)13-9-22(20-18-13)10-14(23)15-4-3-7-25-15/h3-7,9,12,14,23H,8,10H2,1-2H3,(H,17,24). The average Bonchev–Trinajstić information content (AvgIpc) is 3.28. The molecule has 1 amide bonds. The van der Waals surface area contributed by atoms with Crippen LogP contribution in [-0.4, -0.2) is 41.8 Å². The van der Waals surface area contributed by atoms with Gasteiger partial charge >= 0.3 is 0 Å². The number of aliphatic hydroxyl groups is 1. The minimum atomic E-state index is -0.667. The van der Waals surface area contributed by atoms with E-state index in [0.29, 0.717) is 6.54 Å². The number of hydrogen-bond acceptors (Lipinski definition) is 6. The van der Waals surface area contributed by atoms with Gasteiger partial charge in [0.2, 0.25) is 0 Å². The van der Waals surface area contributed by atoms with Gasteiger partial charge in [-0.15, -0.1) is 16.4 Å². The Morgan fingerprint density at radius 2 is 2.20 bits per heavy atom. The summed E-state index contributed by atoms with van der Waals surface area (Å²) in [6, 6.07) is 5.55. The van der Waals surface area contributed by atoms with Gasteiger partial charge in [-0.05, 0) is 31.4 Å². The van der Waals surface area contributed by atoms with Gasteiger partial charge in [0.05, 0.1) is 25.0 Å². The molecule has 2 atom stereocenters. The smallest absolute Gasteiger partial charge is 0.273 e. The first-order valence-electron chi connectivity index (χ1n) is 7.94. The van der Waals surface area contributed by atoms with Gasteiger partial charge in [-0.1, -0.05) is 11.3 Å². The van der Waals surface area contributed by atoms with E-state index in [0.717, 1.165) is 10.6 Å². The molecule has 3 aromatic heterocycles. The highest BCUT2D eigenvalue weighted by atomic mass is 32.1. The summed E-state index contributed by atoms with van der Waals surface area (Å²) in [5.74, 6) is -0.298. The van der Waals surface area contributed by atoms with Crippen molar-refractivity contribution in [1.82, 2.24) is 30.1 Å². The van der Waals surface area contributed by atoms with Crippen molar-refractivity contribution >= 4 is 17.2 Å². The van der Waals surface area contributed by atoms with Gasteiger partial charge in [-0.2, -0.15) is 5.10 Å². The number of nitrogens with zero attached hydrogens (tertiary/aromatic N) is 5. The van der Waals surface area contributed by atoms with E-state index < -0.39 is 6.10 Å². The SMILES string of the molecule is Cc1ccn(CC(C)NC(=O)c2cn(CC(O)c3cccs3)nn2)n1. The van der Waals surface area contributed by atoms with Crippen LogP contribution in [0.2, 0.25) is 0 Å². The molecule has 3 aromatic rings. The Bertz CT molecular complexity index is 825. The fourth-order valence-corrected chi connectivity index (χ4v) is 3.13. The van der Waals surface area contributed by atoms with Gasteiger partial charge in [0.15, 0.2) is 5.69 Å². The number of aromatic nitrogens is 5. The fourth-order valence-electron chi connectivity index (χ4n) is 2.43. The molecule has 0 fully saturated rings. The molecule has 132 valence electrons. The summed E-state index contributed by atoms with van der Waals surface area (Å²) in [5, 5.41) is 27.0. The lowest BCUT2D eigenvalue weighted by Gasteiger charge is -2.12. The third-order valence-corrected chi connectivity index (χ3v) is 4.59. The number of aryl methyl sites for hydroxylation is 1. The molecule has 3 rings (SSSR count). The highest BCUT2D eigenvalue weighted by Crippen LogP contribution is 2.19. The first-order chi connectivity index (χ1) is 12.0. The lowest BCUT2D eigenvalue weighted by molar-refractivity contribution is 0.0930. The summed E-state index contributed by atoms with van der Waals surface area (Å²) in [4.78, 5) is 13.1. The molecule has 0 aromatic carbocycles. The number of carbonyl (C=O) groups is 1. The van der Waals surface area contributed by atoms with Gasteiger partial charge in [-0.25, -0.2) is 4.68 Å². The number of carbonyl (C=O) groups excluding carboxylic acids is 1. The topological polar surface area (TPSA) is 97.9 Å². The predicted octanol–water partition coefficient (Wildman–Crippen LogP) is 1.40. The van der Waals surface area contributed by atoms with Crippen molar-refractivity contribution in [2.45, 2.75) is 39.1 Å². The van der Waals surface area contributed by atoms with Crippen LogP contribution in [0.4, 0.5) is 0 Å². The van der Waals surface area contributed by atoms with Crippen LogP contribution in [0.5, 0.6) is 0 Å². The van der Waals surface area contributed by atoms with Crippen LogP contribution in [0, 0.1) is 6.92 Å². The Balaban J connectivity index is 1.55. The van der Waals surface area contributed by atoms with E-state index in [1.807, 2.05) is 43.6 Å². The number of rotatable bonds is 7. The molecule has 0 spiro atoms. The molecular formula is C16H20N6O2S. The van der Waals surface area contributed by atoms with Crippen LogP contribution in [-0.2, 0) is 13.1 Å². The molecule has 8 nitrogen and oxygen atoms in total. The van der Waals surface area contributed by atoms with E-state index in [9.17, 15) is 9.90 Å². The molecular weight excluding hydrogens is 340 g/mol. The monoisotopic (exact) mass is 360 g/mol. The lowest BCUT2D eigenvalue weighted by atomic mass is 10.3. The lowest BCUT2D eigenvalue weighted by Crippen LogP contribution is -2.36. The van der Waals surface area contributed by atoms with E-state index in [2.05, 4.69) is 20.7 Å². The second-order valence-corrected chi connectivity index (χ2v) is 6.89. The van der Waals surface area contributed by atoms with Crippen LogP contribution in [0.15, 0.2) is 36.0 Å². The maximum Gasteiger partial charge on any atom is 0.273 e. The number of thiophene rings is 1. The zero-order chi connectivity index (χ0) is 17.8. The van der Waals surface area contributed by atoms with Gasteiger partial charge in [-0.3, -0.25) is 9.48 Å². The Labute approximate surface area is 149 Å². The van der Waals surface area contributed by atoms with E-state index in [4.69, 9.17) is 0 Å². The number of aliphatic hydroxyl groups excluding tert-OH is 1. The van der Waals surface area contributed by atoms with Crippen LogP contribution in [0.25, 0.3) is 0 Å². The second-order valence-electron chi connectivity index (χ2n) is 5.91. The summed E-state index contributed by atoms with van der Waals surface area (Å²) in [7, 11) is 0. The summed E-state index contributed by atoms with van der Waals surface area (Å²) < 4.78 is 3.26. The van der Waals surface area contributed by atoms with E-state index in [-0.39, 0.29) is 24.2 Å². The quantitative estimate of drug-likeness (QED) is 0.664. The Hall–Kier alpha value is -2.52. The van der Waals surface area contributed by atoms with Crippen LogP contribution in [0.1, 0.15) is 34.1 Å². The molecule has 25 heavy (non-hydrogen) atoms. The molecule has 0 bridgehead atoms. The minimum Gasteiger partial charge on any atom is -0.386 e. The highest BCUT2D eigenvalue weighted by Gasteiger charge is 2.16. The number of hydrogen-bond donors (Lipinski definition) is 2. The molecule has 0 radical (unpaired) electrons. The van der Waals surface area contributed by atoms with Crippen molar-refractivity contribution in [2.24, 2.45) is 0 Å². The minimum absolute atomic E-state index is 0.103. The summed E-state index contributed by atoms with van der Waals surface area (Å²) in [6.45, 7) is 4.65. The van der Waals surface area contributed by atoms with Crippen molar-refractivity contribution in [3.05, 3.63) is 52.2 Å². The first-order valence-corrected chi connectivity index (χ1v) is 8.82. The van der Waals surface area contributed by atoms with Gasteiger partial charge in [0.1, 0.15) is 6.10 Å². The predicted molar refractivity (Wildman–Crippen MR) is 93.2 cm³/mol. The molecule has 2 N–H and O–H groups in total. The Morgan fingerprint density at radius 1 is 1.36 bits per heavy atom. The Morgan fingerprint density at radius 3 is 2.88 bits per heavy atom. The van der Waals surface area contributed by atoms with Crippen molar-refractivity contribution in [2.75, 3.05) is 0 Å². The van der Waals surface area contributed by atoms with Crippen molar-refractivity contribution in [3.8, 4) is 0 Å². The fraction of sp³-hybridized carbons (Fsp3) is 0.375. The van der Waals surface area contributed by atoms with Crippen LogP contribution in [0.3, 0.4) is 0 Å². The van der Waals surface area contributed by atoms with E-state index in [1.54, 1.807) is 4.68 Å². The number of amides is 1. The molecule has 3 heterocycles. The summed E-state index contributed by atoms with van der Waals surface area (Å²) in [6.07, 6.45) is 2.75. The number of nitrogens with one attached hydrogen (secondary N) is 1. The maximum atomic E-state index is 12.3. The zero-order valence-electron chi connectivity index (χ0n) is 14.0. The molecule has 2 unspecified atom stereocenters. The molecule has 0 aliphatic carbocycles. The highest BCUT2D eigenvalue weighted by molar-refractivity contribution is 7.10. The van der Waals surface area contributed by atoms with Crippen molar-refractivity contribution in [3.63, 3.8) is 0 Å². The average molecular weight is 360 g/mol. The molecule has 0 aliphatic rings. The van der Waals surface area contributed by atoms with E-state index in [1.165, 1.54) is 22.2 Å². The van der Waals surface area contributed by atoms with Gasteiger partial charge in [0.25, 0.3) is 5.91 Å². The molecule has 0 saturated carbocycles. The summed E-state index contributed by atoms with van der Waals surface area (Å²) >= 11 is 1.48. The summed E-state index contributed by atoms with van der Waals surface area (Å²) in [5.41, 5.74) is 1.16. The largest absolute Gasteiger partial charge is 0.386 e. The van der Waals surface area contributed by atoms with Crippen LogP contribution < -0.4 is 5.32 Å². The van der Waals surface area contributed by atoms with E-state index >= 15 is 0 Å². The normalized spacial score (nSPS) is 13.6. The molecule has 0 aliphatic heterocycles.